The Morgan fingerprint density at radius 1 is 1.13 bits per heavy atom. The van der Waals surface area contributed by atoms with E-state index >= 15 is 0 Å². The number of carbonyl (C=O) groups excluding carboxylic acids is 2. The molecule has 3 nitrogen and oxygen atoms in total. The maximum atomic E-state index is 12.8. The van der Waals surface area contributed by atoms with Crippen LogP contribution in [0.25, 0.3) is 0 Å². The molecular weight excluding hydrogens is 356 g/mol. The van der Waals surface area contributed by atoms with Gasteiger partial charge in [0.05, 0.1) is 0 Å². The van der Waals surface area contributed by atoms with Crippen LogP contribution < -0.4 is 0 Å². The fourth-order valence-corrected chi connectivity index (χ4v) is 4.40. The molecule has 1 aliphatic carbocycles. The molecule has 0 aromatic heterocycles. The number of halogens is 1. The highest BCUT2D eigenvalue weighted by molar-refractivity contribution is 9.10. The molecule has 3 rings (SSSR count). The van der Waals surface area contributed by atoms with E-state index in [0.717, 1.165) is 47.2 Å². The standard InChI is InChI=1S/C19H21BrO3/c1-11-7-15(20)8-12(2)17(11)18-16(21)10-14(19(18)22)9-13-3-5-23-6-4-13/h7-8,10,13,18H,3-6,9H2,1-2H3. The van der Waals surface area contributed by atoms with E-state index in [9.17, 15) is 9.59 Å². The largest absolute Gasteiger partial charge is 0.381 e. The van der Waals surface area contributed by atoms with Gasteiger partial charge in [0.15, 0.2) is 11.6 Å². The number of ether oxygens (including phenoxy) is 1. The van der Waals surface area contributed by atoms with Gasteiger partial charge in [-0.3, -0.25) is 9.59 Å². The summed E-state index contributed by atoms with van der Waals surface area (Å²) in [5.41, 5.74) is 3.56. The predicted molar refractivity (Wildman–Crippen MR) is 92.6 cm³/mol. The summed E-state index contributed by atoms with van der Waals surface area (Å²) in [5, 5.41) is 0. The van der Waals surface area contributed by atoms with Crippen LogP contribution in [0.2, 0.25) is 0 Å². The van der Waals surface area contributed by atoms with Gasteiger partial charge in [-0.05, 0) is 73.9 Å². The number of carbonyl (C=O) groups is 2. The van der Waals surface area contributed by atoms with Crippen LogP contribution in [0.3, 0.4) is 0 Å². The summed E-state index contributed by atoms with van der Waals surface area (Å²) in [6.07, 6.45) is 4.24. The highest BCUT2D eigenvalue weighted by atomic mass is 79.9. The van der Waals surface area contributed by atoms with Crippen molar-refractivity contribution in [1.82, 2.24) is 0 Å². The van der Waals surface area contributed by atoms with Gasteiger partial charge in [0.2, 0.25) is 0 Å². The Morgan fingerprint density at radius 3 is 2.35 bits per heavy atom. The lowest BCUT2D eigenvalue weighted by Gasteiger charge is -2.22. The molecule has 1 saturated heterocycles. The lowest BCUT2D eigenvalue weighted by Crippen LogP contribution is -2.20. The van der Waals surface area contributed by atoms with Gasteiger partial charge in [-0.15, -0.1) is 0 Å². The number of Topliss-reactive ketones (excluding diaryl/α,β-unsaturated/α-hetero) is 1. The molecular formula is C19H21BrO3. The van der Waals surface area contributed by atoms with Crippen molar-refractivity contribution in [3.05, 3.63) is 44.9 Å². The van der Waals surface area contributed by atoms with E-state index < -0.39 is 5.92 Å². The normalized spacial score (nSPS) is 22.6. The third kappa shape index (κ3) is 3.33. The number of rotatable bonds is 3. The minimum Gasteiger partial charge on any atom is -0.381 e. The van der Waals surface area contributed by atoms with E-state index in [1.54, 1.807) is 6.08 Å². The molecule has 1 fully saturated rings. The smallest absolute Gasteiger partial charge is 0.174 e. The molecule has 1 aromatic rings. The number of hydrogen-bond donors (Lipinski definition) is 0. The van der Waals surface area contributed by atoms with Crippen molar-refractivity contribution in [2.75, 3.05) is 13.2 Å². The third-order valence-corrected chi connectivity index (χ3v) is 5.33. The van der Waals surface area contributed by atoms with Gasteiger partial charge < -0.3 is 4.74 Å². The van der Waals surface area contributed by atoms with E-state index in [-0.39, 0.29) is 11.6 Å². The average Bonchev–Trinajstić information content (AvgIpc) is 2.75. The molecule has 0 spiro atoms. The SMILES string of the molecule is Cc1cc(Br)cc(C)c1C1C(=O)C=C(CC2CCOCC2)C1=O. The molecule has 0 saturated carbocycles. The summed E-state index contributed by atoms with van der Waals surface area (Å²) in [5.74, 6) is -0.254. The third-order valence-electron chi connectivity index (χ3n) is 4.88. The number of hydrogen-bond acceptors (Lipinski definition) is 3. The van der Waals surface area contributed by atoms with Crippen molar-refractivity contribution in [3.8, 4) is 0 Å². The Morgan fingerprint density at radius 2 is 1.74 bits per heavy atom. The highest BCUT2D eigenvalue weighted by Gasteiger charge is 2.38. The van der Waals surface area contributed by atoms with E-state index in [1.165, 1.54) is 0 Å². The molecule has 0 N–H and O–H groups in total. The fraction of sp³-hybridized carbons (Fsp3) is 0.474. The fourth-order valence-electron chi connectivity index (χ4n) is 3.71. The lowest BCUT2D eigenvalue weighted by atomic mass is 9.85. The van der Waals surface area contributed by atoms with Gasteiger partial charge in [-0.25, -0.2) is 0 Å². The maximum Gasteiger partial charge on any atom is 0.174 e. The van der Waals surface area contributed by atoms with E-state index in [1.807, 2.05) is 26.0 Å². The topological polar surface area (TPSA) is 43.4 Å². The summed E-state index contributed by atoms with van der Waals surface area (Å²) in [6, 6.07) is 3.94. The second-order valence-electron chi connectivity index (χ2n) is 6.58. The molecule has 2 aliphatic rings. The van der Waals surface area contributed by atoms with Crippen LogP contribution in [-0.2, 0) is 14.3 Å². The summed E-state index contributed by atoms with van der Waals surface area (Å²) in [4.78, 5) is 25.3. The zero-order chi connectivity index (χ0) is 16.6. The Labute approximate surface area is 145 Å². The summed E-state index contributed by atoms with van der Waals surface area (Å²) in [7, 11) is 0. The second-order valence-corrected chi connectivity index (χ2v) is 7.50. The van der Waals surface area contributed by atoms with Gasteiger partial charge in [0, 0.05) is 23.3 Å². The predicted octanol–water partition coefficient (Wildman–Crippen LogP) is 4.04. The van der Waals surface area contributed by atoms with Gasteiger partial charge in [-0.1, -0.05) is 15.9 Å². The monoisotopic (exact) mass is 376 g/mol. The zero-order valence-corrected chi connectivity index (χ0v) is 15.1. The molecule has 23 heavy (non-hydrogen) atoms. The lowest BCUT2D eigenvalue weighted by molar-refractivity contribution is -0.123. The minimum absolute atomic E-state index is 0.00462. The first-order valence-corrected chi connectivity index (χ1v) is 8.89. The molecule has 1 atom stereocenters. The van der Waals surface area contributed by atoms with Gasteiger partial charge in [0.1, 0.15) is 5.92 Å². The molecule has 1 aliphatic heterocycles. The van der Waals surface area contributed by atoms with Crippen molar-refractivity contribution in [2.24, 2.45) is 5.92 Å². The first-order chi connectivity index (χ1) is 11.0. The van der Waals surface area contributed by atoms with Crippen LogP contribution >= 0.6 is 15.9 Å². The van der Waals surface area contributed by atoms with Crippen LogP contribution in [0.4, 0.5) is 0 Å². The van der Waals surface area contributed by atoms with Crippen molar-refractivity contribution >= 4 is 27.5 Å². The van der Waals surface area contributed by atoms with Crippen molar-refractivity contribution in [2.45, 2.75) is 39.0 Å². The van der Waals surface area contributed by atoms with Crippen LogP contribution in [0, 0.1) is 19.8 Å². The first kappa shape index (κ1) is 16.6. The van der Waals surface area contributed by atoms with Crippen molar-refractivity contribution < 1.29 is 14.3 Å². The van der Waals surface area contributed by atoms with Gasteiger partial charge in [-0.2, -0.15) is 0 Å². The molecule has 0 amide bonds. The molecule has 122 valence electrons. The zero-order valence-electron chi connectivity index (χ0n) is 13.5. The number of benzene rings is 1. The van der Waals surface area contributed by atoms with Crippen LogP contribution in [0.5, 0.6) is 0 Å². The highest BCUT2D eigenvalue weighted by Crippen LogP contribution is 2.36. The first-order valence-electron chi connectivity index (χ1n) is 8.10. The second kappa shape index (κ2) is 6.70. The van der Waals surface area contributed by atoms with E-state index in [4.69, 9.17) is 4.74 Å². The molecule has 0 bridgehead atoms. The van der Waals surface area contributed by atoms with Gasteiger partial charge >= 0.3 is 0 Å². The molecule has 1 unspecified atom stereocenters. The molecule has 1 heterocycles. The van der Waals surface area contributed by atoms with Crippen LogP contribution in [-0.4, -0.2) is 24.8 Å². The summed E-state index contributed by atoms with van der Waals surface area (Å²) >= 11 is 3.47. The summed E-state index contributed by atoms with van der Waals surface area (Å²) in [6.45, 7) is 5.44. The Kier molecular flexibility index (Phi) is 4.83. The molecule has 1 aromatic carbocycles. The maximum absolute atomic E-state index is 12.8. The number of allylic oxidation sites excluding steroid dienone is 2. The van der Waals surface area contributed by atoms with Crippen LogP contribution in [0.15, 0.2) is 28.3 Å². The molecule has 4 heteroatoms. The van der Waals surface area contributed by atoms with Crippen molar-refractivity contribution in [1.29, 1.82) is 0 Å². The summed E-state index contributed by atoms with van der Waals surface area (Å²) < 4.78 is 6.35. The molecule has 0 radical (unpaired) electrons. The Balaban J connectivity index is 1.84. The average molecular weight is 377 g/mol. The van der Waals surface area contributed by atoms with Crippen LogP contribution in [0.1, 0.15) is 41.9 Å². The van der Waals surface area contributed by atoms with Crippen molar-refractivity contribution in [3.63, 3.8) is 0 Å². The van der Waals surface area contributed by atoms with E-state index in [2.05, 4.69) is 15.9 Å². The number of aryl methyl sites for hydroxylation is 2. The quantitative estimate of drug-likeness (QED) is 0.747. The Bertz CT molecular complexity index is 661. The Hall–Kier alpha value is -1.26. The minimum atomic E-state index is -0.641. The van der Waals surface area contributed by atoms with Gasteiger partial charge in [0.25, 0.3) is 0 Å². The van der Waals surface area contributed by atoms with E-state index in [0.29, 0.717) is 17.9 Å². The number of ketones is 2.